The van der Waals surface area contributed by atoms with Crippen LogP contribution >= 0.6 is 11.6 Å². The van der Waals surface area contributed by atoms with E-state index in [-0.39, 0.29) is 12.4 Å². The molecule has 1 atom stereocenters. The SMILES string of the molecule is C=CC(C)(CO)Cc1ccc(Cl)cc1F. The van der Waals surface area contributed by atoms with Gasteiger partial charge in [0.05, 0.1) is 6.61 Å². The van der Waals surface area contributed by atoms with Crippen molar-refractivity contribution in [2.75, 3.05) is 6.61 Å². The summed E-state index contributed by atoms with van der Waals surface area (Å²) in [5.41, 5.74) is 0.0464. The number of aliphatic hydroxyl groups excluding tert-OH is 1. The largest absolute Gasteiger partial charge is 0.395 e. The Morgan fingerprint density at radius 3 is 2.73 bits per heavy atom. The third-order valence-corrected chi connectivity index (χ3v) is 2.70. The molecule has 0 aliphatic heterocycles. The number of hydrogen-bond acceptors (Lipinski definition) is 1. The van der Waals surface area contributed by atoms with Gasteiger partial charge in [-0.25, -0.2) is 4.39 Å². The molecule has 1 aromatic carbocycles. The van der Waals surface area contributed by atoms with Gasteiger partial charge >= 0.3 is 0 Å². The summed E-state index contributed by atoms with van der Waals surface area (Å²) in [6.45, 7) is 5.41. The predicted molar refractivity (Wildman–Crippen MR) is 60.5 cm³/mol. The summed E-state index contributed by atoms with van der Waals surface area (Å²) in [5, 5.41) is 9.55. The Bertz CT molecular complexity index is 365. The Morgan fingerprint density at radius 1 is 1.60 bits per heavy atom. The Morgan fingerprint density at radius 2 is 2.27 bits per heavy atom. The molecule has 0 aromatic heterocycles. The van der Waals surface area contributed by atoms with Crippen LogP contribution in [0.5, 0.6) is 0 Å². The quantitative estimate of drug-likeness (QED) is 0.785. The van der Waals surface area contributed by atoms with Crippen LogP contribution in [-0.2, 0) is 6.42 Å². The normalized spacial score (nSPS) is 14.7. The maximum atomic E-state index is 13.5. The summed E-state index contributed by atoms with van der Waals surface area (Å²) in [4.78, 5) is 0. The van der Waals surface area contributed by atoms with Gasteiger partial charge in [0, 0.05) is 10.4 Å². The van der Waals surface area contributed by atoms with Crippen LogP contribution in [0.15, 0.2) is 30.9 Å². The maximum absolute atomic E-state index is 13.5. The average molecular weight is 229 g/mol. The van der Waals surface area contributed by atoms with Crippen molar-refractivity contribution in [1.29, 1.82) is 0 Å². The molecule has 0 aliphatic carbocycles. The molecule has 0 heterocycles. The van der Waals surface area contributed by atoms with E-state index >= 15 is 0 Å². The third kappa shape index (κ3) is 3.05. The second kappa shape index (κ2) is 4.77. The minimum absolute atomic E-state index is 0.0570. The highest BCUT2D eigenvalue weighted by molar-refractivity contribution is 6.30. The second-order valence-electron chi connectivity index (χ2n) is 3.93. The molecule has 3 heteroatoms. The van der Waals surface area contributed by atoms with E-state index in [0.717, 1.165) is 0 Å². The fraction of sp³-hybridized carbons (Fsp3) is 0.333. The summed E-state index contributed by atoms with van der Waals surface area (Å²) in [6, 6.07) is 4.55. The predicted octanol–water partition coefficient (Wildman–Crippen LogP) is 3.21. The van der Waals surface area contributed by atoms with E-state index in [0.29, 0.717) is 17.0 Å². The monoisotopic (exact) mass is 228 g/mol. The molecule has 0 amide bonds. The maximum Gasteiger partial charge on any atom is 0.127 e. The number of hydrogen-bond donors (Lipinski definition) is 1. The third-order valence-electron chi connectivity index (χ3n) is 2.46. The minimum Gasteiger partial charge on any atom is -0.395 e. The summed E-state index contributed by atoms with van der Waals surface area (Å²) < 4.78 is 13.5. The average Bonchev–Trinajstić information content (AvgIpc) is 2.22. The fourth-order valence-electron chi connectivity index (χ4n) is 1.29. The first-order valence-electron chi connectivity index (χ1n) is 4.69. The van der Waals surface area contributed by atoms with Crippen LogP contribution in [-0.4, -0.2) is 11.7 Å². The number of rotatable bonds is 4. The lowest BCUT2D eigenvalue weighted by Crippen LogP contribution is -2.21. The van der Waals surface area contributed by atoms with Crippen molar-refractivity contribution >= 4 is 11.6 Å². The molecule has 1 nitrogen and oxygen atoms in total. The van der Waals surface area contributed by atoms with Crippen molar-refractivity contribution < 1.29 is 9.50 Å². The van der Waals surface area contributed by atoms with E-state index in [1.807, 2.05) is 6.92 Å². The van der Waals surface area contributed by atoms with Gasteiger partial charge in [-0.05, 0) is 24.1 Å². The molecular formula is C12H14ClFO. The highest BCUT2D eigenvalue weighted by Gasteiger charge is 2.21. The van der Waals surface area contributed by atoms with E-state index < -0.39 is 5.41 Å². The zero-order valence-electron chi connectivity index (χ0n) is 8.63. The smallest absolute Gasteiger partial charge is 0.127 e. The van der Waals surface area contributed by atoms with Crippen molar-refractivity contribution in [3.63, 3.8) is 0 Å². The topological polar surface area (TPSA) is 20.2 Å². The molecule has 0 radical (unpaired) electrons. The first kappa shape index (κ1) is 12.2. The van der Waals surface area contributed by atoms with Gasteiger partial charge in [0.25, 0.3) is 0 Å². The lowest BCUT2D eigenvalue weighted by Gasteiger charge is -2.23. The molecule has 0 aliphatic rings. The molecular weight excluding hydrogens is 215 g/mol. The van der Waals surface area contributed by atoms with Crippen LogP contribution in [0.25, 0.3) is 0 Å². The molecule has 1 rings (SSSR count). The van der Waals surface area contributed by atoms with E-state index in [2.05, 4.69) is 6.58 Å². The summed E-state index contributed by atoms with van der Waals surface area (Å²) in [6.07, 6.45) is 2.05. The Hall–Kier alpha value is -0.860. The Kier molecular flexibility index (Phi) is 3.89. The molecule has 1 unspecified atom stereocenters. The van der Waals surface area contributed by atoms with E-state index in [4.69, 9.17) is 11.6 Å². The van der Waals surface area contributed by atoms with Gasteiger partial charge in [0.1, 0.15) is 5.82 Å². The van der Waals surface area contributed by atoms with Gasteiger partial charge in [-0.3, -0.25) is 0 Å². The minimum atomic E-state index is -0.491. The zero-order valence-corrected chi connectivity index (χ0v) is 9.39. The second-order valence-corrected chi connectivity index (χ2v) is 4.37. The van der Waals surface area contributed by atoms with Gasteiger partial charge in [-0.2, -0.15) is 0 Å². The van der Waals surface area contributed by atoms with Crippen LogP contribution in [0.1, 0.15) is 12.5 Å². The van der Waals surface area contributed by atoms with Crippen LogP contribution in [0.4, 0.5) is 4.39 Å². The molecule has 0 fully saturated rings. The highest BCUT2D eigenvalue weighted by Crippen LogP contribution is 2.25. The van der Waals surface area contributed by atoms with Gasteiger partial charge < -0.3 is 5.11 Å². The Labute approximate surface area is 94.2 Å². The van der Waals surface area contributed by atoms with Gasteiger partial charge in [-0.1, -0.05) is 30.7 Å². The van der Waals surface area contributed by atoms with Crippen molar-refractivity contribution in [2.24, 2.45) is 5.41 Å². The molecule has 15 heavy (non-hydrogen) atoms. The molecule has 0 bridgehead atoms. The van der Waals surface area contributed by atoms with Crippen LogP contribution in [0, 0.1) is 11.2 Å². The van der Waals surface area contributed by atoms with Gasteiger partial charge in [0.15, 0.2) is 0 Å². The first-order chi connectivity index (χ1) is 7.00. The first-order valence-corrected chi connectivity index (χ1v) is 5.07. The van der Waals surface area contributed by atoms with E-state index in [9.17, 15) is 9.50 Å². The van der Waals surface area contributed by atoms with Crippen LogP contribution in [0.2, 0.25) is 5.02 Å². The molecule has 1 aromatic rings. The highest BCUT2D eigenvalue weighted by atomic mass is 35.5. The fourth-order valence-corrected chi connectivity index (χ4v) is 1.45. The van der Waals surface area contributed by atoms with Gasteiger partial charge in [0.2, 0.25) is 0 Å². The summed E-state index contributed by atoms with van der Waals surface area (Å²) >= 11 is 5.65. The summed E-state index contributed by atoms with van der Waals surface area (Å²) in [7, 11) is 0. The van der Waals surface area contributed by atoms with E-state index in [1.165, 1.54) is 6.07 Å². The Balaban J connectivity index is 2.94. The molecule has 0 saturated heterocycles. The number of halogens is 2. The lowest BCUT2D eigenvalue weighted by molar-refractivity contribution is 0.183. The van der Waals surface area contributed by atoms with Crippen molar-refractivity contribution in [3.8, 4) is 0 Å². The molecule has 82 valence electrons. The number of benzene rings is 1. The van der Waals surface area contributed by atoms with Crippen molar-refractivity contribution in [1.82, 2.24) is 0 Å². The summed E-state index contributed by atoms with van der Waals surface area (Å²) in [5.74, 6) is -0.343. The lowest BCUT2D eigenvalue weighted by atomic mass is 9.84. The molecule has 0 spiro atoms. The van der Waals surface area contributed by atoms with Crippen molar-refractivity contribution in [2.45, 2.75) is 13.3 Å². The molecule has 1 N–H and O–H groups in total. The van der Waals surface area contributed by atoms with Gasteiger partial charge in [-0.15, -0.1) is 6.58 Å². The molecule has 0 saturated carbocycles. The number of aliphatic hydroxyl groups is 1. The van der Waals surface area contributed by atoms with Crippen LogP contribution in [0.3, 0.4) is 0 Å². The zero-order chi connectivity index (χ0) is 11.5. The standard InChI is InChI=1S/C12H14ClFO/c1-3-12(2,8-15)7-9-4-5-10(13)6-11(9)14/h3-6,15H,1,7-8H2,2H3. The van der Waals surface area contributed by atoms with Crippen LogP contribution < -0.4 is 0 Å². The van der Waals surface area contributed by atoms with Crippen molar-refractivity contribution in [3.05, 3.63) is 47.3 Å². The van der Waals surface area contributed by atoms with E-state index in [1.54, 1.807) is 18.2 Å².